The third-order valence-corrected chi connectivity index (χ3v) is 3.59. The van der Waals surface area contributed by atoms with Crippen molar-refractivity contribution in [1.29, 1.82) is 0 Å². The van der Waals surface area contributed by atoms with E-state index >= 15 is 0 Å². The van der Waals surface area contributed by atoms with Crippen LogP contribution in [0, 0.1) is 0 Å². The number of ether oxygens (including phenoxy) is 1. The Morgan fingerprint density at radius 2 is 2.20 bits per heavy atom. The van der Waals surface area contributed by atoms with Crippen LogP contribution in [-0.2, 0) is 21.2 Å². The van der Waals surface area contributed by atoms with Gasteiger partial charge in [-0.3, -0.25) is 0 Å². The highest BCUT2D eigenvalue weighted by molar-refractivity contribution is 9.10. The molecular formula is C9H8BrClO3S. The summed E-state index contributed by atoms with van der Waals surface area (Å²) in [6.07, 6.45) is 0.810. The molecule has 1 aromatic rings. The van der Waals surface area contributed by atoms with Gasteiger partial charge in [-0.1, -0.05) is 15.9 Å². The maximum Gasteiger partial charge on any atom is 0.236 e. The Hall–Kier alpha value is -0.260. The summed E-state index contributed by atoms with van der Waals surface area (Å²) >= 11 is 3.33. The molecule has 0 bridgehead atoms. The van der Waals surface area contributed by atoms with E-state index in [2.05, 4.69) is 15.9 Å². The first-order chi connectivity index (χ1) is 6.96. The predicted molar refractivity (Wildman–Crippen MR) is 61.8 cm³/mol. The average molecular weight is 312 g/mol. The second kappa shape index (κ2) is 3.96. The lowest BCUT2D eigenvalue weighted by Gasteiger charge is -2.07. The molecule has 0 N–H and O–H groups in total. The van der Waals surface area contributed by atoms with Crippen LogP contribution in [0.3, 0.4) is 0 Å². The number of rotatable bonds is 2. The summed E-state index contributed by atoms with van der Waals surface area (Å²) in [7, 11) is 1.68. The fourth-order valence-electron chi connectivity index (χ4n) is 1.64. The Morgan fingerprint density at radius 1 is 1.47 bits per heavy atom. The van der Waals surface area contributed by atoms with Crippen molar-refractivity contribution < 1.29 is 13.2 Å². The van der Waals surface area contributed by atoms with Crippen LogP contribution in [0.25, 0.3) is 0 Å². The Bertz CT molecular complexity index is 498. The number of benzene rings is 1. The van der Waals surface area contributed by atoms with Crippen molar-refractivity contribution in [3.8, 4) is 5.75 Å². The Kier molecular flexibility index (Phi) is 2.96. The molecule has 0 saturated carbocycles. The summed E-state index contributed by atoms with van der Waals surface area (Å²) in [5, 5.41) is 0. The van der Waals surface area contributed by atoms with Crippen molar-refractivity contribution >= 4 is 35.7 Å². The van der Waals surface area contributed by atoms with Gasteiger partial charge in [-0.2, -0.15) is 0 Å². The third-order valence-electron chi connectivity index (χ3n) is 2.15. The van der Waals surface area contributed by atoms with Gasteiger partial charge in [0.2, 0.25) is 9.05 Å². The van der Waals surface area contributed by atoms with Gasteiger partial charge >= 0.3 is 0 Å². The summed E-state index contributed by atoms with van der Waals surface area (Å²) in [4.78, 5) is 0. The molecule has 0 amide bonds. The van der Waals surface area contributed by atoms with Gasteiger partial charge in [0.15, 0.2) is 0 Å². The zero-order chi connectivity index (χ0) is 11.1. The molecule has 0 unspecified atom stereocenters. The lowest BCUT2D eigenvalue weighted by molar-refractivity contribution is 0.354. The van der Waals surface area contributed by atoms with Gasteiger partial charge in [0.05, 0.1) is 12.4 Å². The lowest BCUT2D eigenvalue weighted by Crippen LogP contribution is -1.98. The molecule has 0 spiro atoms. The highest BCUT2D eigenvalue weighted by Gasteiger charge is 2.20. The molecule has 0 aromatic heterocycles. The molecule has 1 aromatic carbocycles. The molecule has 1 aliphatic rings. The first-order valence-corrected chi connectivity index (χ1v) is 7.59. The zero-order valence-electron chi connectivity index (χ0n) is 7.66. The van der Waals surface area contributed by atoms with Crippen LogP contribution in [0.2, 0.25) is 0 Å². The number of halogens is 2. The van der Waals surface area contributed by atoms with Gasteiger partial charge < -0.3 is 4.74 Å². The SMILES string of the molecule is O=S(=O)(Cl)Cc1cc(Br)cc2c1OCC2. The second-order valence-corrected chi connectivity index (χ2v) is 7.03. The van der Waals surface area contributed by atoms with Crippen LogP contribution in [0.5, 0.6) is 5.75 Å². The largest absolute Gasteiger partial charge is 0.493 e. The molecule has 0 fully saturated rings. The Morgan fingerprint density at radius 3 is 2.87 bits per heavy atom. The van der Waals surface area contributed by atoms with Crippen molar-refractivity contribution in [2.24, 2.45) is 0 Å². The monoisotopic (exact) mass is 310 g/mol. The molecule has 0 saturated heterocycles. The van der Waals surface area contributed by atoms with E-state index < -0.39 is 9.05 Å². The van der Waals surface area contributed by atoms with Crippen LogP contribution in [0.1, 0.15) is 11.1 Å². The van der Waals surface area contributed by atoms with Crippen molar-refractivity contribution in [2.75, 3.05) is 6.61 Å². The maximum absolute atomic E-state index is 11.0. The third kappa shape index (κ3) is 2.65. The number of fused-ring (bicyclic) bond motifs is 1. The van der Waals surface area contributed by atoms with Crippen LogP contribution in [0.4, 0.5) is 0 Å². The van der Waals surface area contributed by atoms with Crippen molar-refractivity contribution in [1.82, 2.24) is 0 Å². The first kappa shape index (κ1) is 11.2. The van der Waals surface area contributed by atoms with E-state index in [1.54, 1.807) is 6.07 Å². The van der Waals surface area contributed by atoms with Gasteiger partial charge in [-0.05, 0) is 17.7 Å². The Labute approximate surface area is 101 Å². The molecule has 15 heavy (non-hydrogen) atoms. The second-order valence-electron chi connectivity index (χ2n) is 3.33. The number of hydrogen-bond acceptors (Lipinski definition) is 3. The van der Waals surface area contributed by atoms with Crippen LogP contribution >= 0.6 is 26.6 Å². The maximum atomic E-state index is 11.0. The van der Waals surface area contributed by atoms with E-state index in [0.29, 0.717) is 17.9 Å². The van der Waals surface area contributed by atoms with E-state index in [1.807, 2.05) is 6.07 Å². The molecular weight excluding hydrogens is 304 g/mol. The standard InChI is InChI=1S/C9H8BrClO3S/c10-8-3-6-1-2-14-9(6)7(4-8)5-15(11,12)13/h3-4H,1-2,5H2. The van der Waals surface area contributed by atoms with Gasteiger partial charge in [0.25, 0.3) is 0 Å². The van der Waals surface area contributed by atoms with E-state index in [4.69, 9.17) is 15.4 Å². The quantitative estimate of drug-likeness (QED) is 0.788. The van der Waals surface area contributed by atoms with Crippen molar-refractivity contribution in [3.63, 3.8) is 0 Å². The van der Waals surface area contributed by atoms with Crippen LogP contribution in [-0.4, -0.2) is 15.0 Å². The van der Waals surface area contributed by atoms with Crippen molar-refractivity contribution in [2.45, 2.75) is 12.2 Å². The fraction of sp³-hybridized carbons (Fsp3) is 0.333. The molecule has 6 heteroatoms. The Balaban J connectivity index is 2.47. The van der Waals surface area contributed by atoms with Gasteiger partial charge in [-0.15, -0.1) is 0 Å². The number of hydrogen-bond donors (Lipinski definition) is 0. The van der Waals surface area contributed by atoms with Crippen molar-refractivity contribution in [3.05, 3.63) is 27.7 Å². The predicted octanol–water partition coefficient (Wildman–Crippen LogP) is 2.45. The first-order valence-electron chi connectivity index (χ1n) is 4.32. The molecule has 82 valence electrons. The average Bonchev–Trinajstić information content (AvgIpc) is 2.48. The van der Waals surface area contributed by atoms with Gasteiger partial charge in [0, 0.05) is 27.1 Å². The molecule has 3 nitrogen and oxygen atoms in total. The van der Waals surface area contributed by atoms with E-state index in [9.17, 15) is 8.42 Å². The molecule has 0 aliphatic carbocycles. The van der Waals surface area contributed by atoms with E-state index in [-0.39, 0.29) is 5.75 Å². The summed E-state index contributed by atoms with van der Waals surface area (Å²) in [5.74, 6) is 0.471. The summed E-state index contributed by atoms with van der Waals surface area (Å²) in [5.41, 5.74) is 1.64. The molecule has 1 aliphatic heterocycles. The highest BCUT2D eigenvalue weighted by Crippen LogP contribution is 2.34. The summed E-state index contributed by atoms with van der Waals surface area (Å²) in [6, 6.07) is 3.66. The minimum absolute atomic E-state index is 0.198. The summed E-state index contributed by atoms with van der Waals surface area (Å²) in [6.45, 7) is 0.598. The molecule has 0 radical (unpaired) electrons. The van der Waals surface area contributed by atoms with Gasteiger partial charge in [0.1, 0.15) is 5.75 Å². The van der Waals surface area contributed by atoms with Gasteiger partial charge in [-0.25, -0.2) is 8.42 Å². The normalized spacial score (nSPS) is 14.8. The minimum Gasteiger partial charge on any atom is -0.493 e. The lowest BCUT2D eigenvalue weighted by atomic mass is 10.1. The van der Waals surface area contributed by atoms with E-state index in [0.717, 1.165) is 16.5 Å². The smallest absolute Gasteiger partial charge is 0.236 e. The van der Waals surface area contributed by atoms with E-state index in [1.165, 1.54) is 0 Å². The fourth-order valence-corrected chi connectivity index (χ4v) is 3.13. The zero-order valence-corrected chi connectivity index (χ0v) is 10.8. The van der Waals surface area contributed by atoms with Crippen LogP contribution in [0.15, 0.2) is 16.6 Å². The molecule has 0 atom stereocenters. The van der Waals surface area contributed by atoms with Crippen LogP contribution < -0.4 is 4.74 Å². The summed E-state index contributed by atoms with van der Waals surface area (Å²) < 4.78 is 28.2. The highest BCUT2D eigenvalue weighted by atomic mass is 79.9. The molecule has 2 rings (SSSR count). The minimum atomic E-state index is -3.54. The molecule has 1 heterocycles. The topological polar surface area (TPSA) is 43.4 Å².